The molecular weight excluding hydrogens is 374 g/mol. The number of nitrogens with one attached hydrogen (secondary N) is 1. The molecule has 0 radical (unpaired) electrons. The van der Waals surface area contributed by atoms with Crippen LogP contribution in [0.1, 0.15) is 49.8 Å². The van der Waals surface area contributed by atoms with E-state index in [-0.39, 0.29) is 11.8 Å². The fourth-order valence-corrected chi connectivity index (χ4v) is 5.29. The van der Waals surface area contributed by atoms with E-state index in [4.69, 9.17) is 0 Å². The average molecular weight is 404 g/mol. The summed E-state index contributed by atoms with van der Waals surface area (Å²) in [6, 6.07) is 5.70. The number of amidine groups is 1. The van der Waals surface area contributed by atoms with Crippen LogP contribution in [0.5, 0.6) is 0 Å². The van der Waals surface area contributed by atoms with E-state index in [1.54, 1.807) is 0 Å². The molecule has 0 atom stereocenters. The van der Waals surface area contributed by atoms with Crippen LogP contribution in [0.2, 0.25) is 0 Å². The standard InChI is InChI=1S/C21H29N3O3S/c1-5-10-22-21(25)17-8-11-24(12-9-17)20-16(4)19(28(26,27)23-20)18-7-6-14(2)15(3)13-18/h6-7,13,17H,5,8-12H2,1-4H3,(H,22,25). The smallest absolute Gasteiger partial charge is 0.285 e. The third kappa shape index (κ3) is 3.99. The molecule has 2 aliphatic heterocycles. The molecule has 0 bridgehead atoms. The zero-order valence-corrected chi connectivity index (χ0v) is 17.9. The minimum atomic E-state index is -3.71. The quantitative estimate of drug-likeness (QED) is 0.838. The predicted octanol–water partition coefficient (Wildman–Crippen LogP) is 3.01. The van der Waals surface area contributed by atoms with E-state index in [0.29, 0.717) is 54.4 Å². The van der Waals surface area contributed by atoms with Crippen LogP contribution in [0.25, 0.3) is 4.91 Å². The van der Waals surface area contributed by atoms with E-state index in [2.05, 4.69) is 9.71 Å². The lowest BCUT2D eigenvalue weighted by molar-refractivity contribution is -0.126. The summed E-state index contributed by atoms with van der Waals surface area (Å²) < 4.78 is 29.6. The van der Waals surface area contributed by atoms with E-state index < -0.39 is 10.0 Å². The van der Waals surface area contributed by atoms with Crippen LogP contribution in [0.15, 0.2) is 28.2 Å². The Morgan fingerprint density at radius 2 is 1.86 bits per heavy atom. The van der Waals surface area contributed by atoms with Crippen LogP contribution in [0.4, 0.5) is 0 Å². The molecule has 152 valence electrons. The van der Waals surface area contributed by atoms with Gasteiger partial charge >= 0.3 is 0 Å². The third-order valence-electron chi connectivity index (χ3n) is 5.62. The van der Waals surface area contributed by atoms with Crippen molar-refractivity contribution in [3.63, 3.8) is 0 Å². The van der Waals surface area contributed by atoms with Gasteiger partial charge < -0.3 is 10.2 Å². The summed E-state index contributed by atoms with van der Waals surface area (Å²) in [6.45, 7) is 9.81. The van der Waals surface area contributed by atoms with E-state index in [0.717, 1.165) is 17.5 Å². The molecule has 0 spiro atoms. The number of aryl methyl sites for hydroxylation is 2. The van der Waals surface area contributed by atoms with Crippen molar-refractivity contribution in [2.24, 2.45) is 10.3 Å². The molecule has 0 saturated carbocycles. The molecule has 1 N–H and O–H groups in total. The van der Waals surface area contributed by atoms with Gasteiger partial charge in [0, 0.05) is 31.1 Å². The number of rotatable bonds is 4. The van der Waals surface area contributed by atoms with Crippen molar-refractivity contribution in [2.45, 2.75) is 47.0 Å². The normalized spacial score (nSPS) is 19.7. The number of amides is 1. The second-order valence-corrected chi connectivity index (χ2v) is 9.24. The van der Waals surface area contributed by atoms with Crippen LogP contribution in [-0.2, 0) is 14.8 Å². The minimum absolute atomic E-state index is 0.00934. The monoisotopic (exact) mass is 403 g/mol. The van der Waals surface area contributed by atoms with Gasteiger partial charge in [0.2, 0.25) is 5.91 Å². The Balaban J connectivity index is 1.79. The van der Waals surface area contributed by atoms with Gasteiger partial charge in [-0.2, -0.15) is 8.42 Å². The average Bonchev–Trinajstić information content (AvgIpc) is 2.91. The van der Waals surface area contributed by atoms with Crippen molar-refractivity contribution in [3.05, 3.63) is 40.5 Å². The van der Waals surface area contributed by atoms with Crippen molar-refractivity contribution in [1.29, 1.82) is 0 Å². The number of hydrogen-bond donors (Lipinski definition) is 1. The number of benzene rings is 1. The Labute approximate surface area is 167 Å². The molecule has 0 aromatic heterocycles. The van der Waals surface area contributed by atoms with Crippen LogP contribution < -0.4 is 5.32 Å². The first-order valence-corrected chi connectivity index (χ1v) is 11.3. The zero-order valence-electron chi connectivity index (χ0n) is 17.1. The molecule has 0 aliphatic carbocycles. The fraction of sp³-hybridized carbons (Fsp3) is 0.524. The molecule has 1 aromatic rings. The first-order chi connectivity index (χ1) is 13.2. The summed E-state index contributed by atoms with van der Waals surface area (Å²) in [5.74, 6) is 0.621. The molecule has 6 nitrogen and oxygen atoms in total. The predicted molar refractivity (Wildman–Crippen MR) is 112 cm³/mol. The van der Waals surface area contributed by atoms with Gasteiger partial charge in [0.1, 0.15) is 10.7 Å². The van der Waals surface area contributed by atoms with Crippen LogP contribution >= 0.6 is 0 Å². The molecule has 2 heterocycles. The Hall–Kier alpha value is -2.15. The summed E-state index contributed by atoms with van der Waals surface area (Å²) in [4.78, 5) is 14.5. The number of likely N-dealkylation sites (tertiary alicyclic amines) is 1. The van der Waals surface area contributed by atoms with Gasteiger partial charge in [-0.05, 0) is 56.7 Å². The molecule has 3 rings (SSSR count). The Morgan fingerprint density at radius 3 is 2.46 bits per heavy atom. The number of carbonyl (C=O) groups is 1. The molecule has 1 aromatic carbocycles. The van der Waals surface area contributed by atoms with E-state index in [1.807, 2.05) is 50.8 Å². The van der Waals surface area contributed by atoms with Crippen molar-refractivity contribution < 1.29 is 13.2 Å². The Morgan fingerprint density at radius 1 is 1.18 bits per heavy atom. The van der Waals surface area contributed by atoms with Crippen LogP contribution in [0.3, 0.4) is 0 Å². The van der Waals surface area contributed by atoms with Gasteiger partial charge in [-0.1, -0.05) is 25.1 Å². The second kappa shape index (κ2) is 8.07. The first kappa shape index (κ1) is 20.6. The van der Waals surface area contributed by atoms with Gasteiger partial charge in [0.25, 0.3) is 10.0 Å². The molecule has 1 fully saturated rings. The molecule has 1 amide bonds. The summed E-state index contributed by atoms with van der Waals surface area (Å²) in [5.41, 5.74) is 3.56. The Bertz CT molecular complexity index is 940. The lowest BCUT2D eigenvalue weighted by Gasteiger charge is -2.32. The lowest BCUT2D eigenvalue weighted by atomic mass is 9.95. The topological polar surface area (TPSA) is 78.8 Å². The molecule has 0 unspecified atom stereocenters. The zero-order chi connectivity index (χ0) is 20.5. The summed E-state index contributed by atoms with van der Waals surface area (Å²) >= 11 is 0. The highest BCUT2D eigenvalue weighted by molar-refractivity contribution is 8.00. The molecule has 28 heavy (non-hydrogen) atoms. The van der Waals surface area contributed by atoms with Gasteiger partial charge in [0.15, 0.2) is 0 Å². The number of piperidine rings is 1. The largest absolute Gasteiger partial charge is 0.356 e. The second-order valence-electron chi connectivity index (χ2n) is 7.70. The first-order valence-electron chi connectivity index (χ1n) is 9.91. The highest BCUT2D eigenvalue weighted by Crippen LogP contribution is 2.35. The lowest BCUT2D eigenvalue weighted by Crippen LogP contribution is -2.43. The molecule has 1 saturated heterocycles. The maximum atomic E-state index is 12.8. The van der Waals surface area contributed by atoms with Crippen molar-refractivity contribution in [1.82, 2.24) is 10.2 Å². The summed E-state index contributed by atoms with van der Waals surface area (Å²) in [5, 5.41) is 2.95. The molecule has 2 aliphatic rings. The number of nitrogens with zero attached hydrogens (tertiary/aromatic N) is 2. The van der Waals surface area contributed by atoms with Crippen molar-refractivity contribution in [3.8, 4) is 0 Å². The minimum Gasteiger partial charge on any atom is -0.356 e. The van der Waals surface area contributed by atoms with E-state index in [9.17, 15) is 13.2 Å². The SMILES string of the molecule is CCCNC(=O)C1CCN(C2=NS(=O)(=O)C(c3ccc(C)c(C)c3)=C2C)CC1. The van der Waals surface area contributed by atoms with Gasteiger partial charge in [-0.15, -0.1) is 4.40 Å². The van der Waals surface area contributed by atoms with Gasteiger partial charge in [-0.3, -0.25) is 4.79 Å². The fourth-order valence-electron chi connectivity index (χ4n) is 3.81. The maximum absolute atomic E-state index is 12.8. The summed E-state index contributed by atoms with van der Waals surface area (Å²) in [7, 11) is -3.71. The van der Waals surface area contributed by atoms with E-state index >= 15 is 0 Å². The number of hydrogen-bond acceptors (Lipinski definition) is 4. The third-order valence-corrected chi connectivity index (χ3v) is 7.10. The molecular formula is C21H29N3O3S. The summed E-state index contributed by atoms with van der Waals surface area (Å²) in [6.07, 6.45) is 2.34. The van der Waals surface area contributed by atoms with Crippen molar-refractivity contribution in [2.75, 3.05) is 19.6 Å². The molecule has 7 heteroatoms. The van der Waals surface area contributed by atoms with Crippen LogP contribution in [0, 0.1) is 19.8 Å². The Kier molecular flexibility index (Phi) is 5.93. The highest BCUT2D eigenvalue weighted by atomic mass is 32.2. The van der Waals surface area contributed by atoms with Crippen LogP contribution in [-0.4, -0.2) is 44.7 Å². The maximum Gasteiger partial charge on any atom is 0.285 e. The van der Waals surface area contributed by atoms with E-state index in [1.165, 1.54) is 0 Å². The van der Waals surface area contributed by atoms with Crippen molar-refractivity contribution >= 4 is 26.7 Å². The number of sulfonamides is 1. The van der Waals surface area contributed by atoms with Gasteiger partial charge in [0.05, 0.1) is 0 Å². The van der Waals surface area contributed by atoms with Gasteiger partial charge in [-0.25, -0.2) is 0 Å². The highest BCUT2D eigenvalue weighted by Gasteiger charge is 2.35. The number of carbonyl (C=O) groups excluding carboxylic acids is 1.